The molecular weight excluding hydrogens is 104 g/mol. The highest BCUT2D eigenvalue weighted by Crippen LogP contribution is 2.09. The summed E-state index contributed by atoms with van der Waals surface area (Å²) in [6.45, 7) is 5.28. The van der Waals surface area contributed by atoms with Crippen LogP contribution in [0, 0.1) is 0 Å². The lowest BCUT2D eigenvalue weighted by atomic mass is 10.0. The summed E-state index contributed by atoms with van der Waals surface area (Å²) >= 11 is 0. The molecule has 1 unspecified atom stereocenters. The Labute approximate surface area is 50.5 Å². The predicted molar refractivity (Wildman–Crippen MR) is 32.8 cm³/mol. The smallest absolute Gasteiger partial charge is 0.0849 e. The van der Waals surface area contributed by atoms with Gasteiger partial charge in [0.15, 0.2) is 0 Å². The van der Waals surface area contributed by atoms with Gasteiger partial charge in [0.05, 0.1) is 11.7 Å². The van der Waals surface area contributed by atoms with Crippen LogP contribution >= 0.6 is 0 Å². The van der Waals surface area contributed by atoms with Crippen molar-refractivity contribution >= 4 is 0 Å². The quantitative estimate of drug-likeness (QED) is 0.581. The van der Waals surface area contributed by atoms with Crippen molar-refractivity contribution in [1.29, 1.82) is 0 Å². The average Bonchev–Trinajstić information content (AvgIpc) is 1.62. The van der Waals surface area contributed by atoms with Gasteiger partial charge in [-0.15, -0.1) is 0 Å². The molecule has 0 radical (unpaired) electrons. The number of methoxy groups -OCH3 is 1. The fraction of sp³-hybridized carbons (Fsp3) is 1.00. The van der Waals surface area contributed by atoms with Crippen molar-refractivity contribution in [1.82, 2.24) is 0 Å². The van der Waals surface area contributed by atoms with Gasteiger partial charge in [0.1, 0.15) is 0 Å². The second-order valence-electron chi connectivity index (χ2n) is 2.53. The molecule has 0 saturated carbocycles. The second kappa shape index (κ2) is 2.46. The van der Waals surface area contributed by atoms with E-state index in [0.717, 1.165) is 0 Å². The van der Waals surface area contributed by atoms with Crippen LogP contribution in [0.3, 0.4) is 0 Å². The van der Waals surface area contributed by atoms with Crippen molar-refractivity contribution in [3.63, 3.8) is 0 Å². The molecule has 0 aliphatic heterocycles. The molecule has 1 N–H and O–H groups in total. The first-order valence-corrected chi connectivity index (χ1v) is 2.73. The van der Waals surface area contributed by atoms with E-state index in [0.29, 0.717) is 0 Å². The number of rotatable bonds is 2. The Morgan fingerprint density at radius 3 is 1.88 bits per heavy atom. The molecule has 0 rings (SSSR count). The first kappa shape index (κ1) is 7.92. The maximum atomic E-state index is 9.16. The van der Waals surface area contributed by atoms with Gasteiger partial charge in [0.25, 0.3) is 0 Å². The number of hydrogen-bond acceptors (Lipinski definition) is 2. The highest BCUT2D eigenvalue weighted by molar-refractivity contribution is 4.72. The maximum Gasteiger partial charge on any atom is 0.0849 e. The van der Waals surface area contributed by atoms with Gasteiger partial charge in [0, 0.05) is 7.11 Å². The van der Waals surface area contributed by atoms with E-state index < -0.39 is 5.60 Å². The summed E-state index contributed by atoms with van der Waals surface area (Å²) in [6.07, 6.45) is -0.0949. The van der Waals surface area contributed by atoms with Crippen molar-refractivity contribution in [2.24, 2.45) is 0 Å². The molecule has 8 heavy (non-hydrogen) atoms. The molecule has 0 saturated heterocycles. The summed E-state index contributed by atoms with van der Waals surface area (Å²) in [5.41, 5.74) is -0.714. The van der Waals surface area contributed by atoms with Crippen molar-refractivity contribution in [3.8, 4) is 0 Å². The van der Waals surface area contributed by atoms with Crippen LogP contribution in [-0.2, 0) is 4.74 Å². The third-order valence-corrected chi connectivity index (χ3v) is 1.35. The minimum atomic E-state index is -0.714. The third kappa shape index (κ3) is 2.28. The SMILES string of the molecule is COC(C)C(C)(C)O. The van der Waals surface area contributed by atoms with E-state index in [9.17, 15) is 0 Å². The standard InChI is InChI=1S/C6H14O2/c1-5(8-4)6(2,3)7/h5,7H,1-4H3. The molecule has 2 heteroatoms. The van der Waals surface area contributed by atoms with E-state index in [-0.39, 0.29) is 6.10 Å². The number of aliphatic hydroxyl groups is 1. The van der Waals surface area contributed by atoms with E-state index in [1.165, 1.54) is 0 Å². The Kier molecular flexibility index (Phi) is 2.44. The number of ether oxygens (including phenoxy) is 1. The van der Waals surface area contributed by atoms with Crippen LogP contribution in [0.1, 0.15) is 20.8 Å². The zero-order valence-corrected chi connectivity index (χ0v) is 5.93. The first-order chi connectivity index (χ1) is 3.48. The molecule has 0 spiro atoms. The van der Waals surface area contributed by atoms with Gasteiger partial charge in [-0.3, -0.25) is 0 Å². The lowest BCUT2D eigenvalue weighted by Gasteiger charge is -2.23. The topological polar surface area (TPSA) is 29.5 Å². The fourth-order valence-electron chi connectivity index (χ4n) is 0.288. The Morgan fingerprint density at radius 2 is 1.88 bits per heavy atom. The van der Waals surface area contributed by atoms with E-state index in [4.69, 9.17) is 9.84 Å². The zero-order valence-electron chi connectivity index (χ0n) is 5.93. The molecule has 0 amide bonds. The predicted octanol–water partition coefficient (Wildman–Crippen LogP) is 0.792. The van der Waals surface area contributed by atoms with Gasteiger partial charge >= 0.3 is 0 Å². The Balaban J connectivity index is 3.62. The van der Waals surface area contributed by atoms with Gasteiger partial charge in [-0.05, 0) is 20.8 Å². The highest BCUT2D eigenvalue weighted by atomic mass is 16.5. The average molecular weight is 118 g/mol. The maximum absolute atomic E-state index is 9.16. The molecule has 1 atom stereocenters. The van der Waals surface area contributed by atoms with Crippen LogP contribution in [0.2, 0.25) is 0 Å². The molecule has 0 heterocycles. The molecular formula is C6H14O2. The summed E-state index contributed by atoms with van der Waals surface area (Å²) in [6, 6.07) is 0. The monoisotopic (exact) mass is 118 g/mol. The summed E-state index contributed by atoms with van der Waals surface area (Å²) < 4.78 is 4.86. The van der Waals surface area contributed by atoms with Crippen LogP contribution in [-0.4, -0.2) is 23.9 Å². The van der Waals surface area contributed by atoms with Gasteiger partial charge in [-0.25, -0.2) is 0 Å². The largest absolute Gasteiger partial charge is 0.388 e. The van der Waals surface area contributed by atoms with Gasteiger partial charge in [0.2, 0.25) is 0 Å². The van der Waals surface area contributed by atoms with Gasteiger partial charge in [-0.2, -0.15) is 0 Å². The molecule has 2 nitrogen and oxygen atoms in total. The fourth-order valence-corrected chi connectivity index (χ4v) is 0.288. The molecule has 0 aliphatic rings. The Morgan fingerprint density at radius 1 is 1.50 bits per heavy atom. The zero-order chi connectivity index (χ0) is 6.78. The van der Waals surface area contributed by atoms with E-state index in [1.54, 1.807) is 21.0 Å². The van der Waals surface area contributed by atoms with Crippen LogP contribution in [0.4, 0.5) is 0 Å². The van der Waals surface area contributed by atoms with E-state index >= 15 is 0 Å². The molecule has 0 aliphatic carbocycles. The summed E-state index contributed by atoms with van der Waals surface area (Å²) in [4.78, 5) is 0. The van der Waals surface area contributed by atoms with Crippen molar-refractivity contribution < 1.29 is 9.84 Å². The molecule has 50 valence electrons. The lowest BCUT2D eigenvalue weighted by Crippen LogP contribution is -2.34. The van der Waals surface area contributed by atoms with Gasteiger partial charge < -0.3 is 9.84 Å². The van der Waals surface area contributed by atoms with Crippen molar-refractivity contribution in [2.75, 3.05) is 7.11 Å². The normalized spacial score (nSPS) is 16.1. The molecule has 0 bridgehead atoms. The minimum Gasteiger partial charge on any atom is -0.388 e. The van der Waals surface area contributed by atoms with E-state index in [2.05, 4.69) is 0 Å². The molecule has 0 aromatic heterocycles. The van der Waals surface area contributed by atoms with Crippen molar-refractivity contribution in [2.45, 2.75) is 32.5 Å². The van der Waals surface area contributed by atoms with E-state index in [1.807, 2.05) is 6.92 Å². The first-order valence-electron chi connectivity index (χ1n) is 2.73. The minimum absolute atomic E-state index is 0.0949. The summed E-state index contributed by atoms with van der Waals surface area (Å²) in [7, 11) is 1.59. The number of hydrogen-bond donors (Lipinski definition) is 1. The Bertz CT molecular complexity index is 63.4. The molecule has 0 fully saturated rings. The van der Waals surface area contributed by atoms with Crippen molar-refractivity contribution in [3.05, 3.63) is 0 Å². The summed E-state index contributed by atoms with van der Waals surface area (Å²) in [5, 5.41) is 9.16. The molecule has 0 aromatic rings. The van der Waals surface area contributed by atoms with Crippen LogP contribution in [0.15, 0.2) is 0 Å². The second-order valence-corrected chi connectivity index (χ2v) is 2.53. The van der Waals surface area contributed by atoms with Crippen LogP contribution in [0.5, 0.6) is 0 Å². The Hall–Kier alpha value is -0.0800. The summed E-state index contributed by atoms with van der Waals surface area (Å²) in [5.74, 6) is 0. The molecule has 0 aromatic carbocycles. The third-order valence-electron chi connectivity index (χ3n) is 1.35. The van der Waals surface area contributed by atoms with Gasteiger partial charge in [-0.1, -0.05) is 0 Å². The van der Waals surface area contributed by atoms with Crippen LogP contribution < -0.4 is 0 Å². The highest BCUT2D eigenvalue weighted by Gasteiger charge is 2.20. The van der Waals surface area contributed by atoms with Crippen LogP contribution in [0.25, 0.3) is 0 Å². The lowest BCUT2D eigenvalue weighted by molar-refractivity contribution is -0.0595.